The van der Waals surface area contributed by atoms with Crippen molar-refractivity contribution >= 4 is 17.9 Å². The Bertz CT molecular complexity index is 534. The zero-order valence-corrected chi connectivity index (χ0v) is 13.1. The van der Waals surface area contributed by atoms with Crippen molar-refractivity contribution in [2.24, 2.45) is 0 Å². The van der Waals surface area contributed by atoms with Gasteiger partial charge in [0.05, 0.1) is 0 Å². The molecule has 0 N–H and O–H groups in total. The number of rotatable bonds is 5. The highest BCUT2D eigenvalue weighted by molar-refractivity contribution is 6.30. The van der Waals surface area contributed by atoms with E-state index in [4.69, 9.17) is 11.6 Å². The largest absolute Gasteiger partial charge is 0.303 e. The first-order valence-corrected chi connectivity index (χ1v) is 7.50. The number of benzene rings is 2. The Morgan fingerprint density at radius 3 is 2.14 bits per heavy atom. The molecule has 1 nitrogen and oxygen atoms in total. The minimum Gasteiger partial charge on any atom is -0.303 e. The lowest BCUT2D eigenvalue weighted by Crippen LogP contribution is -2.04. The molecule has 21 heavy (non-hydrogen) atoms. The third-order valence-electron chi connectivity index (χ3n) is 3.12. The smallest absolute Gasteiger partial charge is 0.123 e. The first-order valence-electron chi connectivity index (χ1n) is 7.12. The van der Waals surface area contributed by atoms with Gasteiger partial charge in [-0.05, 0) is 47.7 Å². The van der Waals surface area contributed by atoms with Crippen LogP contribution in [0.2, 0.25) is 5.02 Å². The molecule has 112 valence electrons. The van der Waals surface area contributed by atoms with Gasteiger partial charge in [-0.2, -0.15) is 0 Å². The van der Waals surface area contributed by atoms with Gasteiger partial charge in [0.2, 0.25) is 0 Å². The SMILES string of the molecule is CC.O=CC[C@@H](Cc1ccc(F)cc1)c1ccc(Cl)cc1. The summed E-state index contributed by atoms with van der Waals surface area (Å²) in [6.07, 6.45) is 2.07. The first kappa shape index (κ1) is 17.4. The number of halogens is 2. The monoisotopic (exact) mass is 306 g/mol. The van der Waals surface area contributed by atoms with E-state index in [0.29, 0.717) is 17.9 Å². The van der Waals surface area contributed by atoms with E-state index in [9.17, 15) is 9.18 Å². The highest BCUT2D eigenvalue weighted by Crippen LogP contribution is 2.25. The van der Waals surface area contributed by atoms with Gasteiger partial charge in [0.15, 0.2) is 0 Å². The van der Waals surface area contributed by atoms with Crippen LogP contribution in [0.25, 0.3) is 0 Å². The van der Waals surface area contributed by atoms with Crippen LogP contribution in [-0.4, -0.2) is 6.29 Å². The van der Waals surface area contributed by atoms with Crippen molar-refractivity contribution in [3.63, 3.8) is 0 Å². The van der Waals surface area contributed by atoms with Gasteiger partial charge in [0.1, 0.15) is 12.1 Å². The van der Waals surface area contributed by atoms with Crippen LogP contribution in [0.1, 0.15) is 37.3 Å². The second-order valence-electron chi connectivity index (χ2n) is 4.48. The van der Waals surface area contributed by atoms with Crippen molar-refractivity contribution in [3.8, 4) is 0 Å². The fraction of sp³-hybridized carbons (Fsp3) is 0.278. The summed E-state index contributed by atoms with van der Waals surface area (Å²) in [6, 6.07) is 13.9. The summed E-state index contributed by atoms with van der Waals surface area (Å²) >= 11 is 5.86. The zero-order valence-electron chi connectivity index (χ0n) is 12.4. The van der Waals surface area contributed by atoms with Gasteiger partial charge >= 0.3 is 0 Å². The highest BCUT2D eigenvalue weighted by atomic mass is 35.5. The van der Waals surface area contributed by atoms with E-state index in [1.165, 1.54) is 12.1 Å². The second-order valence-corrected chi connectivity index (χ2v) is 4.92. The molecule has 0 radical (unpaired) electrons. The quantitative estimate of drug-likeness (QED) is 0.674. The van der Waals surface area contributed by atoms with Crippen LogP contribution < -0.4 is 0 Å². The van der Waals surface area contributed by atoms with Crippen LogP contribution in [0.4, 0.5) is 4.39 Å². The summed E-state index contributed by atoms with van der Waals surface area (Å²) in [5.74, 6) is -0.151. The van der Waals surface area contributed by atoms with E-state index in [2.05, 4.69) is 0 Å². The van der Waals surface area contributed by atoms with Crippen LogP contribution in [0.3, 0.4) is 0 Å². The van der Waals surface area contributed by atoms with E-state index in [1.807, 2.05) is 38.1 Å². The second kappa shape index (κ2) is 9.30. The minimum absolute atomic E-state index is 0.0974. The molecule has 0 bridgehead atoms. The number of hydrogen-bond donors (Lipinski definition) is 0. The number of hydrogen-bond acceptors (Lipinski definition) is 1. The lowest BCUT2D eigenvalue weighted by molar-refractivity contribution is -0.108. The Labute approximate surface area is 130 Å². The Morgan fingerprint density at radius 2 is 1.62 bits per heavy atom. The van der Waals surface area contributed by atoms with E-state index in [-0.39, 0.29) is 11.7 Å². The van der Waals surface area contributed by atoms with Crippen LogP contribution in [0, 0.1) is 5.82 Å². The normalized spacial score (nSPS) is 11.2. The average molecular weight is 307 g/mol. The third-order valence-corrected chi connectivity index (χ3v) is 3.37. The molecule has 0 amide bonds. The molecule has 0 spiro atoms. The molecule has 0 unspecified atom stereocenters. The molecule has 0 aliphatic heterocycles. The van der Waals surface area contributed by atoms with Crippen LogP contribution in [0.15, 0.2) is 48.5 Å². The zero-order chi connectivity index (χ0) is 15.7. The highest BCUT2D eigenvalue weighted by Gasteiger charge is 2.12. The van der Waals surface area contributed by atoms with Gasteiger partial charge in [-0.1, -0.05) is 49.7 Å². The molecule has 1 atom stereocenters. The van der Waals surface area contributed by atoms with Gasteiger partial charge < -0.3 is 4.79 Å². The fourth-order valence-corrected chi connectivity index (χ4v) is 2.22. The molecule has 0 heterocycles. The summed E-state index contributed by atoms with van der Waals surface area (Å²) in [6.45, 7) is 4.00. The third kappa shape index (κ3) is 5.68. The molecule has 0 fully saturated rings. The Balaban J connectivity index is 0.00000106. The summed E-state index contributed by atoms with van der Waals surface area (Å²) < 4.78 is 12.9. The molecular weight excluding hydrogens is 287 g/mol. The standard InChI is InChI=1S/C16H14ClFO.C2H6/c17-15-5-3-13(4-6-15)14(9-10-19)11-12-1-7-16(18)8-2-12;1-2/h1-8,10,14H,9,11H2;1-2H3/t14-;/m0./s1. The molecule has 0 aliphatic rings. The van der Waals surface area contributed by atoms with Crippen molar-refractivity contribution in [2.75, 3.05) is 0 Å². The predicted octanol–water partition coefficient (Wildman–Crippen LogP) is 5.42. The van der Waals surface area contributed by atoms with Gasteiger partial charge in [-0.25, -0.2) is 4.39 Å². The molecule has 0 saturated carbocycles. The minimum atomic E-state index is -0.248. The van der Waals surface area contributed by atoms with Gasteiger partial charge in [-0.3, -0.25) is 0 Å². The summed E-state index contributed by atoms with van der Waals surface area (Å²) in [7, 11) is 0. The summed E-state index contributed by atoms with van der Waals surface area (Å²) in [4.78, 5) is 10.8. The molecule has 2 rings (SSSR count). The van der Waals surface area contributed by atoms with Crippen LogP contribution >= 0.6 is 11.6 Å². The van der Waals surface area contributed by atoms with Gasteiger partial charge in [0.25, 0.3) is 0 Å². The predicted molar refractivity (Wildman–Crippen MR) is 86.3 cm³/mol. The van der Waals surface area contributed by atoms with E-state index in [1.54, 1.807) is 12.1 Å². The molecule has 2 aromatic carbocycles. The number of aldehydes is 1. The van der Waals surface area contributed by atoms with Crippen molar-refractivity contribution in [1.82, 2.24) is 0 Å². The maximum atomic E-state index is 12.9. The molecular formula is C18H20ClFO. The van der Waals surface area contributed by atoms with Crippen molar-refractivity contribution in [3.05, 3.63) is 70.5 Å². The Morgan fingerprint density at radius 1 is 1.05 bits per heavy atom. The van der Waals surface area contributed by atoms with Crippen molar-refractivity contribution in [1.29, 1.82) is 0 Å². The maximum Gasteiger partial charge on any atom is 0.123 e. The van der Waals surface area contributed by atoms with Crippen LogP contribution in [0.5, 0.6) is 0 Å². The van der Waals surface area contributed by atoms with Crippen LogP contribution in [-0.2, 0) is 11.2 Å². The maximum absolute atomic E-state index is 12.9. The lowest BCUT2D eigenvalue weighted by atomic mass is 9.90. The fourth-order valence-electron chi connectivity index (χ4n) is 2.09. The molecule has 0 aliphatic carbocycles. The average Bonchev–Trinajstić information content (AvgIpc) is 2.52. The molecule has 3 heteroatoms. The van der Waals surface area contributed by atoms with Gasteiger partial charge in [-0.15, -0.1) is 0 Å². The lowest BCUT2D eigenvalue weighted by Gasteiger charge is -2.15. The summed E-state index contributed by atoms with van der Waals surface area (Å²) in [5, 5.41) is 0.676. The topological polar surface area (TPSA) is 17.1 Å². The van der Waals surface area contributed by atoms with Crippen molar-refractivity contribution in [2.45, 2.75) is 32.6 Å². The Hall–Kier alpha value is -1.67. The summed E-state index contributed by atoms with van der Waals surface area (Å²) in [5.41, 5.74) is 2.09. The number of carbonyl (C=O) groups is 1. The van der Waals surface area contributed by atoms with E-state index < -0.39 is 0 Å². The van der Waals surface area contributed by atoms with E-state index in [0.717, 1.165) is 17.4 Å². The van der Waals surface area contributed by atoms with E-state index >= 15 is 0 Å². The first-order chi connectivity index (χ1) is 10.2. The molecule has 0 saturated heterocycles. The van der Waals surface area contributed by atoms with Crippen molar-refractivity contribution < 1.29 is 9.18 Å². The molecule has 2 aromatic rings. The number of carbonyl (C=O) groups excluding carboxylic acids is 1. The molecule has 0 aromatic heterocycles. The Kier molecular flexibility index (Phi) is 7.70. The van der Waals surface area contributed by atoms with Gasteiger partial charge in [0, 0.05) is 11.4 Å².